The van der Waals surface area contributed by atoms with Crippen molar-refractivity contribution in [2.45, 2.75) is 32.7 Å². The molecule has 0 radical (unpaired) electrons. The summed E-state index contributed by atoms with van der Waals surface area (Å²) in [5, 5.41) is 7.02. The van der Waals surface area contributed by atoms with Gasteiger partial charge in [-0.05, 0) is 30.9 Å². The summed E-state index contributed by atoms with van der Waals surface area (Å²) in [6, 6.07) is 0. The van der Waals surface area contributed by atoms with Gasteiger partial charge < -0.3 is 14.7 Å². The standard InChI is InChI=1S/C12H16ClN7O/c1-8-15-9(19-21-8)7-14-11-16-10(13)17-12(18-11)20-5-3-2-4-6-20/h2-7H2,1H3,(H,14,16,17,18). The van der Waals surface area contributed by atoms with E-state index in [0.717, 1.165) is 25.9 Å². The monoisotopic (exact) mass is 309 g/mol. The molecule has 0 aliphatic carbocycles. The number of nitrogens with zero attached hydrogens (tertiary/aromatic N) is 6. The van der Waals surface area contributed by atoms with Crippen molar-refractivity contribution in [3.63, 3.8) is 0 Å². The molecular weight excluding hydrogens is 294 g/mol. The number of halogens is 1. The number of rotatable bonds is 4. The fraction of sp³-hybridized carbons (Fsp3) is 0.583. The summed E-state index contributed by atoms with van der Waals surface area (Å²) in [5.74, 6) is 2.09. The van der Waals surface area contributed by atoms with Crippen LogP contribution in [0.2, 0.25) is 5.28 Å². The second-order valence-corrected chi connectivity index (χ2v) is 5.20. The molecule has 1 N–H and O–H groups in total. The van der Waals surface area contributed by atoms with Crippen LogP contribution >= 0.6 is 11.6 Å². The highest BCUT2D eigenvalue weighted by Crippen LogP contribution is 2.18. The van der Waals surface area contributed by atoms with E-state index in [1.54, 1.807) is 6.92 Å². The number of piperidine rings is 1. The maximum absolute atomic E-state index is 5.98. The Balaban J connectivity index is 1.71. The van der Waals surface area contributed by atoms with E-state index in [0.29, 0.717) is 30.2 Å². The number of anilines is 2. The first-order valence-corrected chi connectivity index (χ1v) is 7.28. The zero-order valence-electron chi connectivity index (χ0n) is 11.7. The van der Waals surface area contributed by atoms with E-state index < -0.39 is 0 Å². The molecule has 0 aromatic carbocycles. The van der Waals surface area contributed by atoms with E-state index in [4.69, 9.17) is 16.1 Å². The van der Waals surface area contributed by atoms with E-state index in [-0.39, 0.29) is 5.28 Å². The van der Waals surface area contributed by atoms with Crippen molar-refractivity contribution >= 4 is 23.5 Å². The molecular formula is C12H16ClN7O. The van der Waals surface area contributed by atoms with Gasteiger partial charge in [-0.15, -0.1) is 0 Å². The van der Waals surface area contributed by atoms with Gasteiger partial charge in [-0.25, -0.2) is 0 Å². The normalized spacial score (nSPS) is 15.2. The molecule has 0 spiro atoms. The van der Waals surface area contributed by atoms with E-state index in [1.807, 2.05) is 0 Å². The van der Waals surface area contributed by atoms with E-state index in [9.17, 15) is 0 Å². The Hall–Kier alpha value is -1.96. The van der Waals surface area contributed by atoms with Gasteiger partial charge in [0, 0.05) is 20.0 Å². The van der Waals surface area contributed by atoms with Crippen LogP contribution in [0.4, 0.5) is 11.9 Å². The number of hydrogen-bond donors (Lipinski definition) is 1. The minimum absolute atomic E-state index is 0.178. The van der Waals surface area contributed by atoms with E-state index in [2.05, 4.69) is 35.3 Å². The lowest BCUT2D eigenvalue weighted by atomic mass is 10.1. The van der Waals surface area contributed by atoms with Crippen LogP contribution in [0.1, 0.15) is 31.0 Å². The van der Waals surface area contributed by atoms with Crippen molar-refractivity contribution < 1.29 is 4.52 Å². The number of aryl methyl sites for hydroxylation is 1. The first-order valence-electron chi connectivity index (χ1n) is 6.90. The Labute approximate surface area is 126 Å². The van der Waals surface area contributed by atoms with Crippen molar-refractivity contribution in [1.29, 1.82) is 0 Å². The summed E-state index contributed by atoms with van der Waals surface area (Å²) in [7, 11) is 0. The van der Waals surface area contributed by atoms with Crippen molar-refractivity contribution in [1.82, 2.24) is 25.1 Å². The van der Waals surface area contributed by atoms with Gasteiger partial charge in [0.2, 0.25) is 23.1 Å². The summed E-state index contributed by atoms with van der Waals surface area (Å²) in [5.41, 5.74) is 0. The predicted octanol–water partition coefficient (Wildman–Crippen LogP) is 1.82. The Morgan fingerprint density at radius 3 is 2.67 bits per heavy atom. The van der Waals surface area contributed by atoms with Crippen molar-refractivity contribution in [2.24, 2.45) is 0 Å². The lowest BCUT2D eigenvalue weighted by molar-refractivity contribution is 0.388. The highest BCUT2D eigenvalue weighted by Gasteiger charge is 2.16. The molecule has 9 heteroatoms. The summed E-state index contributed by atoms with van der Waals surface area (Å²) in [6.07, 6.45) is 3.54. The highest BCUT2D eigenvalue weighted by molar-refractivity contribution is 6.28. The van der Waals surface area contributed by atoms with Gasteiger partial charge in [-0.1, -0.05) is 5.16 Å². The van der Waals surface area contributed by atoms with Gasteiger partial charge in [0.25, 0.3) is 0 Å². The molecule has 3 heterocycles. The average molecular weight is 310 g/mol. The molecule has 0 atom stereocenters. The summed E-state index contributed by atoms with van der Waals surface area (Å²) < 4.78 is 4.91. The molecule has 8 nitrogen and oxygen atoms in total. The Morgan fingerprint density at radius 1 is 1.14 bits per heavy atom. The van der Waals surface area contributed by atoms with Crippen LogP contribution in [-0.4, -0.2) is 38.2 Å². The van der Waals surface area contributed by atoms with Crippen molar-refractivity contribution in [2.75, 3.05) is 23.3 Å². The Morgan fingerprint density at radius 2 is 1.95 bits per heavy atom. The minimum Gasteiger partial charge on any atom is -0.347 e. The zero-order valence-corrected chi connectivity index (χ0v) is 12.5. The van der Waals surface area contributed by atoms with Crippen LogP contribution < -0.4 is 10.2 Å². The van der Waals surface area contributed by atoms with Gasteiger partial charge in [-0.2, -0.15) is 19.9 Å². The third-order valence-electron chi connectivity index (χ3n) is 3.21. The quantitative estimate of drug-likeness (QED) is 0.914. The summed E-state index contributed by atoms with van der Waals surface area (Å²) in [6.45, 7) is 4.01. The topological polar surface area (TPSA) is 92.9 Å². The second-order valence-electron chi connectivity index (χ2n) is 4.86. The predicted molar refractivity (Wildman–Crippen MR) is 77.3 cm³/mol. The highest BCUT2D eigenvalue weighted by atomic mass is 35.5. The van der Waals surface area contributed by atoms with Crippen molar-refractivity contribution in [3.8, 4) is 0 Å². The summed E-state index contributed by atoms with van der Waals surface area (Å²) in [4.78, 5) is 18.9. The first-order chi connectivity index (χ1) is 10.2. The Bertz CT molecular complexity index is 611. The molecule has 1 saturated heterocycles. The third kappa shape index (κ3) is 3.57. The molecule has 2 aromatic heterocycles. The molecule has 1 aliphatic heterocycles. The van der Waals surface area contributed by atoms with Crippen LogP contribution in [0.25, 0.3) is 0 Å². The van der Waals surface area contributed by atoms with Crippen LogP contribution in [0.5, 0.6) is 0 Å². The smallest absolute Gasteiger partial charge is 0.231 e. The maximum atomic E-state index is 5.98. The van der Waals surface area contributed by atoms with Crippen LogP contribution in [-0.2, 0) is 6.54 Å². The molecule has 0 amide bonds. The fourth-order valence-corrected chi connectivity index (χ4v) is 2.38. The van der Waals surface area contributed by atoms with Crippen LogP contribution in [0.15, 0.2) is 4.52 Å². The molecule has 0 unspecified atom stereocenters. The SMILES string of the molecule is Cc1nc(CNc2nc(Cl)nc(N3CCCCC3)n2)no1. The lowest BCUT2D eigenvalue weighted by Gasteiger charge is -2.26. The van der Waals surface area contributed by atoms with E-state index in [1.165, 1.54) is 6.42 Å². The lowest BCUT2D eigenvalue weighted by Crippen LogP contribution is -2.31. The third-order valence-corrected chi connectivity index (χ3v) is 3.38. The molecule has 1 fully saturated rings. The van der Waals surface area contributed by atoms with E-state index >= 15 is 0 Å². The van der Waals surface area contributed by atoms with Gasteiger partial charge in [0.15, 0.2) is 5.82 Å². The molecule has 3 rings (SSSR count). The number of hydrogen-bond acceptors (Lipinski definition) is 8. The Kier molecular flexibility index (Phi) is 4.14. The van der Waals surface area contributed by atoms with Crippen LogP contribution in [0, 0.1) is 6.92 Å². The maximum Gasteiger partial charge on any atom is 0.231 e. The van der Waals surface area contributed by atoms with Crippen molar-refractivity contribution in [3.05, 3.63) is 17.0 Å². The molecule has 21 heavy (non-hydrogen) atoms. The molecule has 1 aliphatic rings. The summed E-state index contributed by atoms with van der Waals surface area (Å²) >= 11 is 5.98. The minimum atomic E-state index is 0.178. The molecule has 0 bridgehead atoms. The number of nitrogens with one attached hydrogen (secondary N) is 1. The second kappa shape index (κ2) is 6.21. The van der Waals surface area contributed by atoms with Gasteiger partial charge in [-0.3, -0.25) is 0 Å². The molecule has 2 aromatic rings. The zero-order chi connectivity index (χ0) is 14.7. The van der Waals surface area contributed by atoms with Gasteiger partial charge in [0.1, 0.15) is 0 Å². The van der Waals surface area contributed by atoms with Gasteiger partial charge >= 0.3 is 0 Å². The average Bonchev–Trinajstić information content (AvgIpc) is 2.91. The van der Waals surface area contributed by atoms with Gasteiger partial charge in [0.05, 0.1) is 6.54 Å². The largest absolute Gasteiger partial charge is 0.347 e. The van der Waals surface area contributed by atoms with Crippen LogP contribution in [0.3, 0.4) is 0 Å². The first kappa shape index (κ1) is 14.0. The number of aromatic nitrogens is 5. The fourth-order valence-electron chi connectivity index (χ4n) is 2.23. The molecule has 112 valence electrons. The molecule has 0 saturated carbocycles.